The van der Waals surface area contributed by atoms with Gasteiger partial charge in [-0.05, 0) is 32.0 Å². The SMILES string of the molecule is Cc1ccc(OCc2nc(C)cc(SCC(=O)O)n2)cc1. The molecule has 0 unspecified atom stereocenters. The summed E-state index contributed by atoms with van der Waals surface area (Å²) in [5.74, 6) is 0.414. The number of aliphatic carboxylic acids is 1. The van der Waals surface area contributed by atoms with E-state index in [0.717, 1.165) is 11.4 Å². The fraction of sp³-hybridized carbons (Fsp3) is 0.267. The molecule has 2 rings (SSSR count). The molecule has 21 heavy (non-hydrogen) atoms. The van der Waals surface area contributed by atoms with Crippen molar-refractivity contribution < 1.29 is 14.6 Å². The highest BCUT2D eigenvalue weighted by atomic mass is 32.2. The first kappa shape index (κ1) is 15.3. The predicted molar refractivity (Wildman–Crippen MR) is 80.6 cm³/mol. The second kappa shape index (κ2) is 7.08. The number of carbonyl (C=O) groups is 1. The van der Waals surface area contributed by atoms with Gasteiger partial charge in [-0.15, -0.1) is 0 Å². The van der Waals surface area contributed by atoms with Crippen LogP contribution in [0.4, 0.5) is 0 Å². The molecule has 1 heterocycles. The van der Waals surface area contributed by atoms with Crippen LogP contribution in [0.1, 0.15) is 17.1 Å². The molecule has 0 spiro atoms. The highest BCUT2D eigenvalue weighted by Crippen LogP contribution is 2.17. The monoisotopic (exact) mass is 304 g/mol. The van der Waals surface area contributed by atoms with E-state index >= 15 is 0 Å². The summed E-state index contributed by atoms with van der Waals surface area (Å²) < 4.78 is 5.63. The van der Waals surface area contributed by atoms with Crippen molar-refractivity contribution in [2.24, 2.45) is 0 Å². The largest absolute Gasteiger partial charge is 0.486 e. The van der Waals surface area contributed by atoms with Crippen LogP contribution in [-0.4, -0.2) is 26.8 Å². The van der Waals surface area contributed by atoms with Crippen molar-refractivity contribution in [2.75, 3.05) is 5.75 Å². The van der Waals surface area contributed by atoms with Gasteiger partial charge in [-0.2, -0.15) is 0 Å². The summed E-state index contributed by atoms with van der Waals surface area (Å²) in [6.45, 7) is 4.12. The quantitative estimate of drug-likeness (QED) is 0.653. The predicted octanol–water partition coefficient (Wildman–Crippen LogP) is 2.85. The molecule has 1 aromatic carbocycles. The van der Waals surface area contributed by atoms with Gasteiger partial charge in [0.15, 0.2) is 5.82 Å². The highest BCUT2D eigenvalue weighted by Gasteiger charge is 2.06. The van der Waals surface area contributed by atoms with E-state index in [9.17, 15) is 4.79 Å². The number of aromatic nitrogens is 2. The summed E-state index contributed by atoms with van der Waals surface area (Å²) in [6, 6.07) is 9.50. The Morgan fingerprint density at radius 3 is 2.62 bits per heavy atom. The zero-order chi connectivity index (χ0) is 15.2. The average molecular weight is 304 g/mol. The lowest BCUT2D eigenvalue weighted by Crippen LogP contribution is -2.05. The first-order chi connectivity index (χ1) is 10.0. The molecule has 110 valence electrons. The van der Waals surface area contributed by atoms with Gasteiger partial charge in [-0.3, -0.25) is 4.79 Å². The minimum absolute atomic E-state index is 0.0191. The highest BCUT2D eigenvalue weighted by molar-refractivity contribution is 7.99. The second-order valence-electron chi connectivity index (χ2n) is 4.55. The molecule has 0 fully saturated rings. The van der Waals surface area contributed by atoms with E-state index in [2.05, 4.69) is 9.97 Å². The summed E-state index contributed by atoms with van der Waals surface area (Å²) in [5.41, 5.74) is 1.96. The van der Waals surface area contributed by atoms with Gasteiger partial charge in [-0.1, -0.05) is 29.5 Å². The van der Waals surface area contributed by atoms with Gasteiger partial charge >= 0.3 is 5.97 Å². The van der Waals surface area contributed by atoms with Crippen LogP contribution < -0.4 is 4.74 Å². The Bertz CT molecular complexity index is 629. The van der Waals surface area contributed by atoms with Crippen LogP contribution in [-0.2, 0) is 11.4 Å². The summed E-state index contributed by atoms with van der Waals surface area (Å²) in [5, 5.41) is 9.34. The molecule has 5 nitrogen and oxygen atoms in total. The number of carboxylic acids is 1. The first-order valence-corrected chi connectivity index (χ1v) is 7.40. The van der Waals surface area contributed by atoms with E-state index in [-0.39, 0.29) is 12.4 Å². The van der Waals surface area contributed by atoms with Crippen LogP contribution in [0.2, 0.25) is 0 Å². The van der Waals surface area contributed by atoms with Crippen molar-refractivity contribution in [2.45, 2.75) is 25.5 Å². The van der Waals surface area contributed by atoms with Gasteiger partial charge in [0.1, 0.15) is 17.4 Å². The average Bonchev–Trinajstić information content (AvgIpc) is 2.44. The number of carboxylic acid groups (broad SMARTS) is 1. The van der Waals surface area contributed by atoms with Gasteiger partial charge in [0.25, 0.3) is 0 Å². The molecule has 0 saturated heterocycles. The third-order valence-corrected chi connectivity index (χ3v) is 3.51. The van der Waals surface area contributed by atoms with E-state index in [1.54, 1.807) is 6.07 Å². The van der Waals surface area contributed by atoms with Gasteiger partial charge in [0.05, 0.1) is 5.75 Å². The normalized spacial score (nSPS) is 10.4. The standard InChI is InChI=1S/C15H16N2O3S/c1-10-3-5-12(6-4-10)20-8-13-16-11(2)7-14(17-13)21-9-15(18)19/h3-7H,8-9H2,1-2H3,(H,18,19). The van der Waals surface area contributed by atoms with E-state index in [4.69, 9.17) is 9.84 Å². The molecule has 2 aromatic rings. The first-order valence-electron chi connectivity index (χ1n) is 6.41. The Morgan fingerprint density at radius 2 is 1.95 bits per heavy atom. The fourth-order valence-corrected chi connectivity index (χ4v) is 2.35. The van der Waals surface area contributed by atoms with Gasteiger partial charge in [0, 0.05) is 5.69 Å². The molecule has 6 heteroatoms. The van der Waals surface area contributed by atoms with Gasteiger partial charge < -0.3 is 9.84 Å². The van der Waals surface area contributed by atoms with E-state index in [1.807, 2.05) is 38.1 Å². The number of rotatable bonds is 6. The zero-order valence-electron chi connectivity index (χ0n) is 11.9. The Kier molecular flexibility index (Phi) is 5.16. The number of aryl methyl sites for hydroxylation is 2. The van der Waals surface area contributed by atoms with Crippen LogP contribution in [0.3, 0.4) is 0 Å². The van der Waals surface area contributed by atoms with Crippen molar-refractivity contribution in [1.82, 2.24) is 9.97 Å². The van der Waals surface area contributed by atoms with Crippen molar-refractivity contribution in [3.8, 4) is 5.75 Å². The molecular weight excluding hydrogens is 288 g/mol. The lowest BCUT2D eigenvalue weighted by Gasteiger charge is -2.07. The maximum Gasteiger partial charge on any atom is 0.313 e. The zero-order valence-corrected chi connectivity index (χ0v) is 12.7. The minimum Gasteiger partial charge on any atom is -0.486 e. The van der Waals surface area contributed by atoms with E-state index in [0.29, 0.717) is 10.9 Å². The van der Waals surface area contributed by atoms with Crippen molar-refractivity contribution in [1.29, 1.82) is 0 Å². The summed E-state index contributed by atoms with van der Waals surface area (Å²) in [4.78, 5) is 19.2. The summed E-state index contributed by atoms with van der Waals surface area (Å²) in [7, 11) is 0. The van der Waals surface area contributed by atoms with E-state index < -0.39 is 5.97 Å². The van der Waals surface area contributed by atoms with Crippen LogP contribution in [0.15, 0.2) is 35.4 Å². The molecule has 0 aliphatic carbocycles. The molecule has 0 bridgehead atoms. The molecule has 0 aliphatic heterocycles. The molecule has 0 saturated carbocycles. The molecule has 0 radical (unpaired) electrons. The van der Waals surface area contributed by atoms with Crippen LogP contribution in [0.25, 0.3) is 0 Å². The Labute approximate surface area is 127 Å². The third-order valence-electron chi connectivity index (χ3n) is 2.61. The van der Waals surface area contributed by atoms with Crippen LogP contribution in [0.5, 0.6) is 5.75 Å². The number of benzene rings is 1. The molecule has 0 atom stereocenters. The van der Waals surface area contributed by atoms with Gasteiger partial charge in [-0.25, -0.2) is 9.97 Å². The van der Waals surface area contributed by atoms with Crippen molar-refractivity contribution in [3.05, 3.63) is 47.4 Å². The lowest BCUT2D eigenvalue weighted by atomic mass is 10.2. The van der Waals surface area contributed by atoms with Crippen LogP contribution >= 0.6 is 11.8 Å². The van der Waals surface area contributed by atoms with Crippen LogP contribution in [0, 0.1) is 13.8 Å². The maximum atomic E-state index is 10.6. The molecule has 0 aliphatic rings. The smallest absolute Gasteiger partial charge is 0.313 e. The Balaban J connectivity index is 2.02. The Morgan fingerprint density at radius 1 is 1.24 bits per heavy atom. The number of hydrogen-bond donors (Lipinski definition) is 1. The molecule has 0 amide bonds. The number of ether oxygens (including phenoxy) is 1. The number of nitrogens with zero attached hydrogens (tertiary/aromatic N) is 2. The fourth-order valence-electron chi connectivity index (χ4n) is 1.66. The Hall–Kier alpha value is -2.08. The van der Waals surface area contributed by atoms with Crippen molar-refractivity contribution in [3.63, 3.8) is 0 Å². The number of hydrogen-bond acceptors (Lipinski definition) is 5. The molecule has 1 N–H and O–H groups in total. The lowest BCUT2D eigenvalue weighted by molar-refractivity contribution is -0.133. The summed E-state index contributed by atoms with van der Waals surface area (Å²) >= 11 is 1.17. The van der Waals surface area contributed by atoms with E-state index in [1.165, 1.54) is 17.3 Å². The van der Waals surface area contributed by atoms with Gasteiger partial charge in [0.2, 0.25) is 0 Å². The number of thioether (sulfide) groups is 1. The maximum absolute atomic E-state index is 10.6. The summed E-state index contributed by atoms with van der Waals surface area (Å²) in [6.07, 6.45) is 0. The second-order valence-corrected chi connectivity index (χ2v) is 5.54. The molecular formula is C15H16N2O3S. The molecule has 1 aromatic heterocycles. The minimum atomic E-state index is -0.867. The van der Waals surface area contributed by atoms with Crippen molar-refractivity contribution >= 4 is 17.7 Å². The third kappa shape index (κ3) is 5.07. The topological polar surface area (TPSA) is 72.3 Å².